The first-order valence-corrected chi connectivity index (χ1v) is 9.24. The summed E-state index contributed by atoms with van der Waals surface area (Å²) >= 11 is 0. The summed E-state index contributed by atoms with van der Waals surface area (Å²) in [4.78, 5) is 18.4. The van der Waals surface area contributed by atoms with Crippen molar-refractivity contribution in [2.75, 3.05) is 19.7 Å². The monoisotopic (exact) mass is 410 g/mol. The molecule has 1 fully saturated rings. The number of alkyl halides is 3. The van der Waals surface area contributed by atoms with Gasteiger partial charge in [-0.05, 0) is 31.2 Å². The molecule has 0 radical (unpaired) electrons. The molecular weight excluding hydrogens is 389 g/mol. The van der Waals surface area contributed by atoms with Gasteiger partial charge in [-0.3, -0.25) is 4.79 Å². The SMILES string of the molecule is CCOc1ccc(C(=O)N2CCC(Oc3cccc(OC(F)(F)F)c3)CC2)nc1. The van der Waals surface area contributed by atoms with Crippen molar-refractivity contribution in [3.8, 4) is 17.2 Å². The number of carbonyl (C=O) groups excluding carboxylic acids is 1. The molecule has 0 spiro atoms. The van der Waals surface area contributed by atoms with Crippen LogP contribution >= 0.6 is 0 Å². The van der Waals surface area contributed by atoms with E-state index < -0.39 is 6.36 Å². The molecule has 1 saturated heterocycles. The topological polar surface area (TPSA) is 60.9 Å². The highest BCUT2D eigenvalue weighted by molar-refractivity contribution is 5.92. The van der Waals surface area contributed by atoms with E-state index in [4.69, 9.17) is 9.47 Å². The van der Waals surface area contributed by atoms with E-state index in [-0.39, 0.29) is 17.8 Å². The van der Waals surface area contributed by atoms with Crippen molar-refractivity contribution in [3.63, 3.8) is 0 Å². The van der Waals surface area contributed by atoms with E-state index in [2.05, 4.69) is 9.72 Å². The zero-order valence-electron chi connectivity index (χ0n) is 15.8. The molecule has 3 rings (SSSR count). The number of pyridine rings is 1. The minimum atomic E-state index is -4.75. The van der Waals surface area contributed by atoms with Crippen LogP contribution in [0.25, 0.3) is 0 Å². The van der Waals surface area contributed by atoms with Crippen LogP contribution in [0, 0.1) is 0 Å². The Kier molecular flexibility index (Phi) is 6.46. The molecule has 1 amide bonds. The fourth-order valence-corrected chi connectivity index (χ4v) is 3.03. The summed E-state index contributed by atoms with van der Waals surface area (Å²) in [5, 5.41) is 0. The highest BCUT2D eigenvalue weighted by atomic mass is 19.4. The van der Waals surface area contributed by atoms with Crippen LogP contribution in [0.3, 0.4) is 0 Å². The highest BCUT2D eigenvalue weighted by Crippen LogP contribution is 2.28. The first-order valence-electron chi connectivity index (χ1n) is 9.24. The van der Waals surface area contributed by atoms with Crippen LogP contribution < -0.4 is 14.2 Å². The minimum Gasteiger partial charge on any atom is -0.492 e. The van der Waals surface area contributed by atoms with Gasteiger partial charge in [0.1, 0.15) is 29.0 Å². The van der Waals surface area contributed by atoms with Crippen LogP contribution in [0.1, 0.15) is 30.3 Å². The predicted octanol–water partition coefficient (Wildman–Crippen LogP) is 4.06. The van der Waals surface area contributed by atoms with Crippen molar-refractivity contribution >= 4 is 5.91 Å². The quantitative estimate of drug-likeness (QED) is 0.719. The lowest BCUT2D eigenvalue weighted by Crippen LogP contribution is -2.42. The summed E-state index contributed by atoms with van der Waals surface area (Å²) in [5.41, 5.74) is 0.338. The molecule has 1 aromatic heterocycles. The molecule has 1 aromatic carbocycles. The van der Waals surface area contributed by atoms with Gasteiger partial charge in [-0.25, -0.2) is 4.98 Å². The molecule has 0 bridgehead atoms. The Balaban J connectivity index is 1.52. The summed E-state index contributed by atoms with van der Waals surface area (Å²) < 4.78 is 52.0. The molecule has 6 nitrogen and oxygen atoms in total. The molecule has 0 saturated carbocycles. The van der Waals surface area contributed by atoms with Gasteiger partial charge >= 0.3 is 6.36 Å². The smallest absolute Gasteiger partial charge is 0.492 e. The van der Waals surface area contributed by atoms with E-state index in [9.17, 15) is 18.0 Å². The summed E-state index contributed by atoms with van der Waals surface area (Å²) in [5.74, 6) is 0.397. The second-order valence-corrected chi connectivity index (χ2v) is 6.44. The van der Waals surface area contributed by atoms with Gasteiger partial charge in [0.25, 0.3) is 5.91 Å². The van der Waals surface area contributed by atoms with Crippen molar-refractivity contribution in [2.45, 2.75) is 32.2 Å². The molecule has 156 valence electrons. The average Bonchev–Trinajstić information content (AvgIpc) is 2.68. The number of amides is 1. The van der Waals surface area contributed by atoms with Crippen molar-refractivity contribution < 1.29 is 32.2 Å². The number of rotatable bonds is 6. The number of likely N-dealkylation sites (tertiary alicyclic amines) is 1. The number of piperidine rings is 1. The van der Waals surface area contributed by atoms with E-state index in [1.807, 2.05) is 6.92 Å². The van der Waals surface area contributed by atoms with E-state index in [0.717, 1.165) is 0 Å². The molecule has 2 aromatic rings. The molecular formula is C20H21F3N2O4. The first-order chi connectivity index (χ1) is 13.8. The normalized spacial score (nSPS) is 15.1. The van der Waals surface area contributed by atoms with E-state index in [1.54, 1.807) is 23.1 Å². The fraction of sp³-hybridized carbons (Fsp3) is 0.400. The Morgan fingerprint density at radius 2 is 1.86 bits per heavy atom. The zero-order chi connectivity index (χ0) is 20.9. The summed E-state index contributed by atoms with van der Waals surface area (Å²) in [6.45, 7) is 3.33. The number of hydrogen-bond acceptors (Lipinski definition) is 5. The lowest BCUT2D eigenvalue weighted by Gasteiger charge is -2.32. The standard InChI is InChI=1S/C20H21F3N2O4/c1-2-27-17-6-7-18(24-13-17)19(26)25-10-8-14(9-11-25)28-15-4-3-5-16(12-15)29-20(21,22)23/h3-7,12-14H,2,8-11H2,1H3. The van der Waals surface area contributed by atoms with Crippen molar-refractivity contribution in [2.24, 2.45) is 0 Å². The van der Waals surface area contributed by atoms with Crippen molar-refractivity contribution in [1.29, 1.82) is 0 Å². The molecule has 2 heterocycles. The molecule has 0 aliphatic carbocycles. The van der Waals surface area contributed by atoms with Crippen LogP contribution in [-0.2, 0) is 0 Å². The van der Waals surface area contributed by atoms with Gasteiger partial charge in [0.15, 0.2) is 0 Å². The molecule has 9 heteroatoms. The third-order valence-corrected chi connectivity index (χ3v) is 4.34. The molecule has 29 heavy (non-hydrogen) atoms. The Bertz CT molecular complexity index is 819. The highest BCUT2D eigenvalue weighted by Gasteiger charge is 2.31. The van der Waals surface area contributed by atoms with E-state index in [1.165, 1.54) is 24.4 Å². The second-order valence-electron chi connectivity index (χ2n) is 6.44. The minimum absolute atomic E-state index is 0.174. The number of hydrogen-bond donors (Lipinski definition) is 0. The summed E-state index contributed by atoms with van der Waals surface area (Å²) in [7, 11) is 0. The van der Waals surface area contributed by atoms with Gasteiger partial charge in [-0.1, -0.05) is 6.07 Å². The molecule has 1 aliphatic heterocycles. The van der Waals surface area contributed by atoms with Crippen LogP contribution in [-0.4, -0.2) is 48.0 Å². The van der Waals surface area contributed by atoms with Crippen molar-refractivity contribution in [3.05, 3.63) is 48.3 Å². The maximum Gasteiger partial charge on any atom is 0.573 e. The largest absolute Gasteiger partial charge is 0.573 e. The summed E-state index contributed by atoms with van der Waals surface area (Å²) in [6, 6.07) is 8.76. The third kappa shape index (κ3) is 6.00. The predicted molar refractivity (Wildman–Crippen MR) is 98.1 cm³/mol. The number of nitrogens with zero attached hydrogens (tertiary/aromatic N) is 2. The Morgan fingerprint density at radius 1 is 1.14 bits per heavy atom. The zero-order valence-corrected chi connectivity index (χ0v) is 15.8. The van der Waals surface area contributed by atoms with Gasteiger partial charge in [-0.15, -0.1) is 13.2 Å². The number of ether oxygens (including phenoxy) is 3. The number of halogens is 3. The number of benzene rings is 1. The average molecular weight is 410 g/mol. The van der Waals surface area contributed by atoms with Crippen LogP contribution in [0.2, 0.25) is 0 Å². The van der Waals surface area contributed by atoms with Gasteiger partial charge in [0, 0.05) is 32.0 Å². The number of aromatic nitrogens is 1. The Hall–Kier alpha value is -2.97. The molecule has 1 aliphatic rings. The van der Waals surface area contributed by atoms with Gasteiger partial charge < -0.3 is 19.1 Å². The molecule has 0 atom stereocenters. The molecule has 0 N–H and O–H groups in total. The second kappa shape index (κ2) is 9.02. The first kappa shape index (κ1) is 20.8. The lowest BCUT2D eigenvalue weighted by atomic mass is 10.1. The van der Waals surface area contributed by atoms with E-state index in [0.29, 0.717) is 49.7 Å². The summed E-state index contributed by atoms with van der Waals surface area (Å²) in [6.07, 6.45) is -2.31. The van der Waals surface area contributed by atoms with E-state index >= 15 is 0 Å². The van der Waals surface area contributed by atoms with Gasteiger partial charge in [-0.2, -0.15) is 0 Å². The number of carbonyl (C=O) groups is 1. The van der Waals surface area contributed by atoms with Gasteiger partial charge in [0.2, 0.25) is 0 Å². The Labute approximate surface area is 166 Å². The lowest BCUT2D eigenvalue weighted by molar-refractivity contribution is -0.274. The van der Waals surface area contributed by atoms with Gasteiger partial charge in [0.05, 0.1) is 12.8 Å². The van der Waals surface area contributed by atoms with Crippen molar-refractivity contribution in [1.82, 2.24) is 9.88 Å². The van der Waals surface area contributed by atoms with Crippen LogP contribution in [0.5, 0.6) is 17.2 Å². The maximum atomic E-state index is 12.6. The third-order valence-electron chi connectivity index (χ3n) is 4.34. The Morgan fingerprint density at radius 3 is 2.48 bits per heavy atom. The fourth-order valence-electron chi connectivity index (χ4n) is 3.03. The van der Waals surface area contributed by atoms with Crippen LogP contribution in [0.4, 0.5) is 13.2 Å². The maximum absolute atomic E-state index is 12.6. The van der Waals surface area contributed by atoms with Crippen LogP contribution in [0.15, 0.2) is 42.6 Å². The molecule has 0 unspecified atom stereocenters.